The van der Waals surface area contributed by atoms with Crippen LogP contribution >= 0.6 is 0 Å². The largest absolute Gasteiger partial charge is 0.345 e. The van der Waals surface area contributed by atoms with Crippen molar-refractivity contribution in [1.29, 1.82) is 0 Å². The minimum Gasteiger partial charge on any atom is -0.345 e. The minimum atomic E-state index is 0.0903. The zero-order valence-electron chi connectivity index (χ0n) is 18.5. The van der Waals surface area contributed by atoms with Gasteiger partial charge in [0.05, 0.1) is 0 Å². The van der Waals surface area contributed by atoms with Crippen molar-refractivity contribution in [2.75, 3.05) is 13.1 Å². The third-order valence-corrected chi connectivity index (χ3v) is 7.05. The van der Waals surface area contributed by atoms with E-state index in [0.29, 0.717) is 18.4 Å². The van der Waals surface area contributed by atoms with Gasteiger partial charge in [0.25, 0.3) is 5.56 Å². The van der Waals surface area contributed by atoms with Crippen molar-refractivity contribution in [3.63, 3.8) is 0 Å². The number of hydrogen-bond acceptors (Lipinski definition) is 2. The number of amides is 1. The predicted octanol–water partition coefficient (Wildman–Crippen LogP) is 4.35. The summed E-state index contributed by atoms with van der Waals surface area (Å²) >= 11 is 0. The molecular formula is C26H31N3O2. The van der Waals surface area contributed by atoms with E-state index >= 15 is 0 Å². The number of benzene rings is 1. The summed E-state index contributed by atoms with van der Waals surface area (Å²) in [5, 5.41) is 1.30. The highest BCUT2D eigenvalue weighted by Gasteiger charge is 2.35. The molecule has 162 valence electrons. The van der Waals surface area contributed by atoms with Crippen molar-refractivity contribution in [3.05, 3.63) is 70.3 Å². The highest BCUT2D eigenvalue weighted by Crippen LogP contribution is 2.35. The second-order valence-corrected chi connectivity index (χ2v) is 9.52. The molecule has 4 heterocycles. The maximum atomic E-state index is 13.0. The van der Waals surface area contributed by atoms with Gasteiger partial charge in [0, 0.05) is 66.9 Å². The van der Waals surface area contributed by atoms with Gasteiger partial charge in [-0.3, -0.25) is 9.59 Å². The Balaban J connectivity index is 1.24. The molecule has 1 amide bonds. The number of para-hydroxylation sites is 1. The number of likely N-dealkylation sites (tertiary alicyclic amines) is 1. The molecule has 5 nitrogen and oxygen atoms in total. The quantitative estimate of drug-likeness (QED) is 0.620. The summed E-state index contributed by atoms with van der Waals surface area (Å²) in [6.45, 7) is 6.68. The SMILES string of the molecule is CC(C)n1cc(CCCC(=O)N2C[C@@H]3C[C@H](C2)c2cccc(=O)n2C3)c2ccccc21. The average Bonchev–Trinajstić information content (AvgIpc) is 3.13. The molecule has 0 N–H and O–H groups in total. The maximum Gasteiger partial charge on any atom is 0.250 e. The summed E-state index contributed by atoms with van der Waals surface area (Å²) in [5.74, 6) is 0.933. The highest BCUT2D eigenvalue weighted by atomic mass is 16.2. The van der Waals surface area contributed by atoms with E-state index < -0.39 is 0 Å². The number of carbonyl (C=O) groups excluding carboxylic acids is 1. The van der Waals surface area contributed by atoms with Crippen molar-refractivity contribution >= 4 is 16.8 Å². The third kappa shape index (κ3) is 3.71. The van der Waals surface area contributed by atoms with Crippen molar-refractivity contribution < 1.29 is 4.79 Å². The summed E-state index contributed by atoms with van der Waals surface area (Å²) in [4.78, 5) is 27.3. The molecule has 0 spiro atoms. The molecule has 1 fully saturated rings. The van der Waals surface area contributed by atoms with Crippen LogP contribution in [0.5, 0.6) is 0 Å². The van der Waals surface area contributed by atoms with Gasteiger partial charge < -0.3 is 14.0 Å². The lowest BCUT2D eigenvalue weighted by Gasteiger charge is -2.42. The Morgan fingerprint density at radius 3 is 2.74 bits per heavy atom. The predicted molar refractivity (Wildman–Crippen MR) is 123 cm³/mol. The maximum absolute atomic E-state index is 13.0. The number of rotatable bonds is 5. The van der Waals surface area contributed by atoms with Crippen molar-refractivity contribution in [1.82, 2.24) is 14.0 Å². The van der Waals surface area contributed by atoms with Gasteiger partial charge in [0.15, 0.2) is 0 Å². The molecule has 5 rings (SSSR count). The number of pyridine rings is 1. The van der Waals surface area contributed by atoms with E-state index in [2.05, 4.69) is 59.8 Å². The third-order valence-electron chi connectivity index (χ3n) is 7.05. The Labute approximate surface area is 183 Å². The summed E-state index contributed by atoms with van der Waals surface area (Å²) < 4.78 is 4.25. The van der Waals surface area contributed by atoms with Crippen LogP contribution in [-0.4, -0.2) is 33.0 Å². The fraction of sp³-hybridized carbons (Fsp3) is 0.462. The van der Waals surface area contributed by atoms with Crippen LogP contribution in [0.15, 0.2) is 53.5 Å². The van der Waals surface area contributed by atoms with Crippen LogP contribution < -0.4 is 5.56 Å². The highest BCUT2D eigenvalue weighted by molar-refractivity contribution is 5.84. The average molecular weight is 418 g/mol. The van der Waals surface area contributed by atoms with Gasteiger partial charge in [-0.15, -0.1) is 0 Å². The molecule has 1 saturated heterocycles. The number of aryl methyl sites for hydroxylation is 1. The number of carbonyl (C=O) groups is 1. The summed E-state index contributed by atoms with van der Waals surface area (Å²) in [6, 6.07) is 14.5. The van der Waals surface area contributed by atoms with E-state index in [0.717, 1.165) is 44.6 Å². The fourth-order valence-corrected chi connectivity index (χ4v) is 5.59. The lowest BCUT2D eigenvalue weighted by atomic mass is 9.83. The minimum absolute atomic E-state index is 0.0903. The Hall–Kier alpha value is -2.82. The normalized spacial score (nSPS) is 20.3. The van der Waals surface area contributed by atoms with Gasteiger partial charge >= 0.3 is 0 Å². The Morgan fingerprint density at radius 2 is 1.90 bits per heavy atom. The molecule has 2 aliphatic heterocycles. The van der Waals surface area contributed by atoms with Crippen molar-refractivity contribution in [2.45, 2.75) is 58.0 Å². The molecule has 3 aromatic rings. The van der Waals surface area contributed by atoms with Gasteiger partial charge in [-0.1, -0.05) is 24.3 Å². The van der Waals surface area contributed by atoms with E-state index in [1.807, 2.05) is 10.6 Å². The number of hydrogen-bond donors (Lipinski definition) is 0. The van der Waals surface area contributed by atoms with Gasteiger partial charge in [0.1, 0.15) is 0 Å². The van der Waals surface area contributed by atoms with Crippen molar-refractivity contribution in [2.24, 2.45) is 5.92 Å². The number of nitrogens with zero attached hydrogens (tertiary/aromatic N) is 3. The zero-order chi connectivity index (χ0) is 21.5. The molecule has 0 unspecified atom stereocenters. The number of aromatic nitrogens is 2. The van der Waals surface area contributed by atoms with Crippen LogP contribution in [0.25, 0.3) is 10.9 Å². The summed E-state index contributed by atoms with van der Waals surface area (Å²) in [5.41, 5.74) is 3.80. The van der Waals surface area contributed by atoms with E-state index in [1.165, 1.54) is 16.5 Å². The fourth-order valence-electron chi connectivity index (χ4n) is 5.59. The van der Waals surface area contributed by atoms with Gasteiger partial charge in [-0.2, -0.15) is 0 Å². The van der Waals surface area contributed by atoms with Crippen LogP contribution in [0.1, 0.15) is 56.3 Å². The first kappa shape index (κ1) is 20.1. The van der Waals surface area contributed by atoms with Gasteiger partial charge in [-0.05, 0) is 56.7 Å². The number of piperidine rings is 1. The van der Waals surface area contributed by atoms with Crippen LogP contribution in [-0.2, 0) is 17.8 Å². The second-order valence-electron chi connectivity index (χ2n) is 9.52. The molecule has 1 aromatic carbocycles. The Bertz CT molecular complexity index is 1170. The molecule has 0 aliphatic carbocycles. The Kier molecular flexibility index (Phi) is 5.20. The monoisotopic (exact) mass is 417 g/mol. The van der Waals surface area contributed by atoms with Crippen LogP contribution in [0.3, 0.4) is 0 Å². The van der Waals surface area contributed by atoms with Crippen LogP contribution in [0, 0.1) is 5.92 Å². The lowest BCUT2D eigenvalue weighted by molar-refractivity contribution is -0.134. The zero-order valence-corrected chi connectivity index (χ0v) is 18.5. The molecule has 2 atom stereocenters. The van der Waals surface area contributed by atoms with Gasteiger partial charge in [0.2, 0.25) is 5.91 Å². The van der Waals surface area contributed by atoms with Gasteiger partial charge in [-0.25, -0.2) is 0 Å². The Morgan fingerprint density at radius 1 is 1.06 bits per heavy atom. The number of fused-ring (bicyclic) bond motifs is 5. The molecule has 31 heavy (non-hydrogen) atoms. The molecule has 0 radical (unpaired) electrons. The van der Waals surface area contributed by atoms with Crippen molar-refractivity contribution in [3.8, 4) is 0 Å². The first-order chi connectivity index (χ1) is 15.0. The van der Waals surface area contributed by atoms with E-state index in [9.17, 15) is 9.59 Å². The molecular weight excluding hydrogens is 386 g/mol. The molecule has 2 aromatic heterocycles. The molecule has 2 aliphatic rings. The van der Waals surface area contributed by atoms with E-state index in [4.69, 9.17) is 0 Å². The topological polar surface area (TPSA) is 47.2 Å². The molecule has 0 saturated carbocycles. The first-order valence-electron chi connectivity index (χ1n) is 11.6. The molecule has 2 bridgehead atoms. The lowest BCUT2D eigenvalue weighted by Crippen LogP contribution is -2.49. The standard InChI is InChI=1S/C26H31N3O2/c1-18(2)28-17-20(22-8-3-4-9-24(22)28)7-5-11-25(30)27-14-19-13-21(16-27)23-10-6-12-26(31)29(23)15-19/h3-4,6,8-10,12,17-19,21H,5,7,11,13-16H2,1-2H3/t19-,21+/m0/s1. The van der Waals surface area contributed by atoms with E-state index in [-0.39, 0.29) is 17.4 Å². The first-order valence-corrected chi connectivity index (χ1v) is 11.6. The molecule has 5 heteroatoms. The second kappa shape index (κ2) is 8.03. The summed E-state index contributed by atoms with van der Waals surface area (Å²) in [7, 11) is 0. The van der Waals surface area contributed by atoms with E-state index in [1.54, 1.807) is 6.07 Å². The van der Waals surface area contributed by atoms with Crippen LogP contribution in [0.2, 0.25) is 0 Å². The summed E-state index contributed by atoms with van der Waals surface area (Å²) in [6.07, 6.45) is 5.72. The van der Waals surface area contributed by atoms with Crippen LogP contribution in [0.4, 0.5) is 0 Å². The smallest absolute Gasteiger partial charge is 0.250 e.